The van der Waals surface area contributed by atoms with E-state index >= 15 is 0 Å². The van der Waals surface area contributed by atoms with E-state index in [9.17, 15) is 27.2 Å². The molecular weight excluding hydrogens is 402 g/mol. The number of rotatable bonds is 7. The number of nitrogens with one attached hydrogen (secondary N) is 1. The van der Waals surface area contributed by atoms with Gasteiger partial charge in [-0.05, 0) is 61.8 Å². The Bertz CT molecular complexity index is 871. The highest BCUT2D eigenvalue weighted by atomic mass is 19.4. The summed E-state index contributed by atoms with van der Waals surface area (Å²) in [5, 5.41) is 2.49. The second-order valence-corrected chi connectivity index (χ2v) is 8.07. The fraction of sp³-hybridized carbons (Fsp3) is 0.524. The molecule has 0 saturated heterocycles. The topological polar surface area (TPSA) is 75.4 Å². The van der Waals surface area contributed by atoms with Crippen molar-refractivity contribution in [3.63, 3.8) is 0 Å². The van der Waals surface area contributed by atoms with Gasteiger partial charge in [0.2, 0.25) is 11.8 Å². The number of nitrogens with two attached hydrogens (primary N) is 1. The first-order valence-electron chi connectivity index (χ1n) is 9.87. The van der Waals surface area contributed by atoms with Crippen LogP contribution in [-0.4, -0.2) is 42.5 Å². The summed E-state index contributed by atoms with van der Waals surface area (Å²) in [6.45, 7) is 0.0192. The third-order valence-electron chi connectivity index (χ3n) is 5.46. The van der Waals surface area contributed by atoms with E-state index in [0.717, 1.165) is 44.4 Å². The molecule has 1 aromatic carbocycles. The maximum atomic E-state index is 14.5. The summed E-state index contributed by atoms with van der Waals surface area (Å²) in [6, 6.07) is 2.93. The molecule has 164 valence electrons. The Kier molecular flexibility index (Phi) is 6.21. The Labute approximate surface area is 172 Å². The highest BCUT2D eigenvalue weighted by Crippen LogP contribution is 2.45. The van der Waals surface area contributed by atoms with Gasteiger partial charge in [-0.3, -0.25) is 9.59 Å². The quantitative estimate of drug-likeness (QED) is 0.515. The number of hydrogen-bond donors (Lipinski definition) is 2. The number of halogens is 4. The third kappa shape index (κ3) is 5.38. The van der Waals surface area contributed by atoms with Gasteiger partial charge in [-0.1, -0.05) is 11.6 Å². The molecular formula is C21H25F4N3O2. The van der Waals surface area contributed by atoms with Gasteiger partial charge in [-0.15, -0.1) is 0 Å². The van der Waals surface area contributed by atoms with Crippen molar-refractivity contribution >= 4 is 17.5 Å². The fourth-order valence-electron chi connectivity index (χ4n) is 3.58. The van der Waals surface area contributed by atoms with Crippen molar-refractivity contribution in [2.45, 2.75) is 50.7 Å². The molecule has 30 heavy (non-hydrogen) atoms. The van der Waals surface area contributed by atoms with Crippen molar-refractivity contribution < 1.29 is 27.2 Å². The highest BCUT2D eigenvalue weighted by molar-refractivity contribution is 5.97. The normalized spacial score (nSPS) is 17.9. The first kappa shape index (κ1) is 22.3. The first-order valence-corrected chi connectivity index (χ1v) is 9.87. The molecule has 0 aromatic heterocycles. The summed E-state index contributed by atoms with van der Waals surface area (Å²) in [5.41, 5.74) is 8.42. The predicted octanol–water partition coefficient (Wildman–Crippen LogP) is 3.72. The average Bonchev–Trinajstić information content (AvgIpc) is 3.55. The zero-order valence-corrected chi connectivity index (χ0v) is 16.9. The summed E-state index contributed by atoms with van der Waals surface area (Å²) < 4.78 is 52.0. The van der Waals surface area contributed by atoms with Crippen LogP contribution < -0.4 is 11.1 Å². The van der Waals surface area contributed by atoms with E-state index in [2.05, 4.69) is 5.32 Å². The number of benzene rings is 1. The standard InChI is InChI=1S/C21H25F4N3O2/c1-11(20(30)28(2)10-21(23,24)25)14-7-8-16(15(22)9-14)27-19(29)18(26)17(12-3-4-12)13-5-6-13/h7-9,11-12,18H,3-6,10,26H2,1-2H3,(H,27,29)/t11-,18-/m0/s1. The largest absolute Gasteiger partial charge is 0.406 e. The van der Waals surface area contributed by atoms with Crippen LogP contribution >= 0.6 is 0 Å². The highest BCUT2D eigenvalue weighted by Gasteiger charge is 2.37. The smallest absolute Gasteiger partial charge is 0.336 e. The van der Waals surface area contributed by atoms with Crippen LogP contribution in [0.4, 0.5) is 23.2 Å². The molecule has 0 aliphatic heterocycles. The minimum atomic E-state index is -4.52. The van der Waals surface area contributed by atoms with E-state index in [1.807, 2.05) is 0 Å². The molecule has 0 spiro atoms. The minimum Gasteiger partial charge on any atom is -0.336 e. The van der Waals surface area contributed by atoms with Crippen molar-refractivity contribution in [2.24, 2.45) is 11.7 Å². The second kappa shape index (κ2) is 8.37. The van der Waals surface area contributed by atoms with Crippen molar-refractivity contribution in [1.82, 2.24) is 4.90 Å². The molecule has 9 heteroatoms. The van der Waals surface area contributed by atoms with Gasteiger partial charge in [0.25, 0.3) is 0 Å². The zero-order chi connectivity index (χ0) is 22.2. The number of anilines is 1. The third-order valence-corrected chi connectivity index (χ3v) is 5.46. The number of amides is 2. The van der Waals surface area contributed by atoms with E-state index in [1.165, 1.54) is 24.6 Å². The molecule has 0 unspecified atom stereocenters. The van der Waals surface area contributed by atoms with E-state index in [0.29, 0.717) is 10.8 Å². The van der Waals surface area contributed by atoms with Crippen molar-refractivity contribution in [3.05, 3.63) is 40.7 Å². The molecule has 2 amide bonds. The molecule has 3 rings (SSSR count). The van der Waals surface area contributed by atoms with Crippen LogP contribution in [0.1, 0.15) is 44.1 Å². The SMILES string of the molecule is C[C@H](C(=O)N(C)CC(F)(F)F)c1ccc(NC(=O)[C@@H](N)C(=C2CC2)C2CC2)c(F)c1. The number of likely N-dealkylation sites (N-methyl/N-ethyl adjacent to an activating group) is 1. The molecule has 2 fully saturated rings. The Morgan fingerprint density at radius 1 is 1.27 bits per heavy atom. The molecule has 2 saturated carbocycles. The van der Waals surface area contributed by atoms with Crippen LogP contribution in [0.2, 0.25) is 0 Å². The van der Waals surface area contributed by atoms with Gasteiger partial charge in [0.05, 0.1) is 11.6 Å². The summed E-state index contributed by atoms with van der Waals surface area (Å²) in [4.78, 5) is 25.3. The molecule has 2 aliphatic rings. The lowest BCUT2D eigenvalue weighted by atomic mass is 9.98. The maximum Gasteiger partial charge on any atom is 0.406 e. The van der Waals surface area contributed by atoms with Gasteiger partial charge in [-0.25, -0.2) is 4.39 Å². The van der Waals surface area contributed by atoms with Crippen LogP contribution in [0.5, 0.6) is 0 Å². The van der Waals surface area contributed by atoms with Gasteiger partial charge < -0.3 is 16.0 Å². The fourth-order valence-corrected chi connectivity index (χ4v) is 3.58. The van der Waals surface area contributed by atoms with Gasteiger partial charge in [0.15, 0.2) is 0 Å². The number of alkyl halides is 3. The number of hydrogen-bond acceptors (Lipinski definition) is 3. The lowest BCUT2D eigenvalue weighted by Gasteiger charge is -2.23. The van der Waals surface area contributed by atoms with Gasteiger partial charge in [-0.2, -0.15) is 13.2 Å². The minimum absolute atomic E-state index is 0.0848. The Morgan fingerprint density at radius 2 is 1.90 bits per heavy atom. The Hall–Kier alpha value is -2.42. The first-order chi connectivity index (χ1) is 14.0. The van der Waals surface area contributed by atoms with Crippen molar-refractivity contribution in [1.29, 1.82) is 0 Å². The van der Waals surface area contributed by atoms with E-state index in [1.54, 1.807) is 0 Å². The molecule has 1 aromatic rings. The summed E-state index contributed by atoms with van der Waals surface area (Å²) >= 11 is 0. The molecule has 2 atom stereocenters. The molecule has 0 bridgehead atoms. The maximum absolute atomic E-state index is 14.5. The van der Waals surface area contributed by atoms with Gasteiger partial charge in [0.1, 0.15) is 18.4 Å². The summed E-state index contributed by atoms with van der Waals surface area (Å²) in [6.07, 6.45) is -0.596. The van der Waals surface area contributed by atoms with Gasteiger partial charge in [0, 0.05) is 7.05 Å². The van der Waals surface area contributed by atoms with Gasteiger partial charge >= 0.3 is 6.18 Å². The van der Waals surface area contributed by atoms with Crippen LogP contribution in [0.3, 0.4) is 0 Å². The Balaban J connectivity index is 1.67. The average molecular weight is 427 g/mol. The monoisotopic (exact) mass is 427 g/mol. The molecule has 0 heterocycles. The van der Waals surface area contributed by atoms with Crippen LogP contribution in [0, 0.1) is 11.7 Å². The van der Waals surface area contributed by atoms with E-state index in [-0.39, 0.29) is 11.3 Å². The lowest BCUT2D eigenvalue weighted by molar-refractivity contribution is -0.159. The van der Waals surface area contributed by atoms with Crippen molar-refractivity contribution in [3.8, 4) is 0 Å². The molecule has 5 nitrogen and oxygen atoms in total. The lowest BCUT2D eigenvalue weighted by Crippen LogP contribution is -2.38. The summed E-state index contributed by atoms with van der Waals surface area (Å²) in [7, 11) is 1.05. The van der Waals surface area contributed by atoms with Crippen LogP contribution in [-0.2, 0) is 9.59 Å². The molecule has 2 aliphatic carbocycles. The number of carbonyl (C=O) groups is 2. The second-order valence-electron chi connectivity index (χ2n) is 8.07. The molecule has 3 N–H and O–H groups in total. The zero-order valence-electron chi connectivity index (χ0n) is 16.9. The Morgan fingerprint density at radius 3 is 2.40 bits per heavy atom. The predicted molar refractivity (Wildman–Crippen MR) is 104 cm³/mol. The van der Waals surface area contributed by atoms with Crippen LogP contribution in [0.25, 0.3) is 0 Å². The molecule has 0 radical (unpaired) electrons. The number of allylic oxidation sites excluding steroid dienone is 1. The number of nitrogens with zero attached hydrogens (tertiary/aromatic N) is 1. The van der Waals surface area contributed by atoms with E-state index in [4.69, 9.17) is 5.73 Å². The number of carbonyl (C=O) groups excluding carboxylic acids is 2. The summed E-state index contributed by atoms with van der Waals surface area (Å²) in [5.74, 6) is -2.69. The van der Waals surface area contributed by atoms with E-state index < -0.39 is 42.3 Å². The van der Waals surface area contributed by atoms with Crippen LogP contribution in [0.15, 0.2) is 29.3 Å². The van der Waals surface area contributed by atoms with Crippen molar-refractivity contribution in [2.75, 3.05) is 18.9 Å².